The van der Waals surface area contributed by atoms with Crippen LogP contribution in [-0.2, 0) is 4.74 Å². The first-order chi connectivity index (χ1) is 13.5. The van der Waals surface area contributed by atoms with Crippen molar-refractivity contribution >= 4 is 17.7 Å². The molecule has 0 aliphatic carbocycles. The molecule has 3 rings (SSSR count). The van der Waals surface area contributed by atoms with Crippen molar-refractivity contribution in [1.29, 1.82) is 0 Å². The molecule has 0 heterocycles. The zero-order valence-electron chi connectivity index (χ0n) is 16.1. The third-order valence-corrected chi connectivity index (χ3v) is 5.58. The van der Waals surface area contributed by atoms with E-state index in [-0.39, 0.29) is 23.7 Å². The van der Waals surface area contributed by atoms with Gasteiger partial charge in [-0.3, -0.25) is 0 Å². The number of phenolic OH excluding ortho intramolecular Hbond substituents is 1. The summed E-state index contributed by atoms with van der Waals surface area (Å²) in [6.07, 6.45) is 0. The molecule has 0 unspecified atom stereocenters. The van der Waals surface area contributed by atoms with Crippen LogP contribution in [0.4, 0.5) is 0 Å². The number of hydrogen-bond acceptors (Lipinski definition) is 5. The molecule has 0 saturated carbocycles. The summed E-state index contributed by atoms with van der Waals surface area (Å²) in [6, 6.07) is 19.0. The first kappa shape index (κ1) is 19.8. The predicted molar refractivity (Wildman–Crippen MR) is 111 cm³/mol. The molecule has 1 N–H and O–H groups in total. The molecule has 144 valence electrons. The van der Waals surface area contributed by atoms with Crippen molar-refractivity contribution in [2.75, 3.05) is 6.61 Å². The lowest BCUT2D eigenvalue weighted by Gasteiger charge is -2.20. The molecule has 5 heteroatoms. The number of esters is 1. The Hall–Kier alpha value is -2.92. The van der Waals surface area contributed by atoms with Gasteiger partial charge in [-0.15, -0.1) is 0 Å². The Morgan fingerprint density at radius 2 is 1.57 bits per heavy atom. The minimum atomic E-state index is -0.565. The summed E-state index contributed by atoms with van der Waals surface area (Å²) < 4.78 is 11.1. The highest BCUT2D eigenvalue weighted by Gasteiger charge is 2.26. The Kier molecular flexibility index (Phi) is 6.26. The largest absolute Gasteiger partial charge is 0.504 e. The summed E-state index contributed by atoms with van der Waals surface area (Å²) in [5, 5.41) is 10.9. The zero-order chi connectivity index (χ0) is 20.1. The number of aromatic hydroxyl groups is 1. The molecule has 4 nitrogen and oxygen atoms in total. The molecule has 0 amide bonds. The lowest BCUT2D eigenvalue weighted by molar-refractivity contribution is 0.0521. The maximum Gasteiger partial charge on any atom is 0.342 e. The van der Waals surface area contributed by atoms with Gasteiger partial charge in [-0.1, -0.05) is 48.2 Å². The molecule has 0 radical (unpaired) electrons. The second-order valence-corrected chi connectivity index (χ2v) is 7.27. The first-order valence-corrected chi connectivity index (χ1v) is 9.83. The quantitative estimate of drug-likeness (QED) is 0.510. The van der Waals surface area contributed by atoms with Crippen molar-refractivity contribution in [3.05, 3.63) is 77.4 Å². The van der Waals surface area contributed by atoms with Crippen LogP contribution in [0.5, 0.6) is 17.2 Å². The molecule has 0 spiro atoms. The fourth-order valence-electron chi connectivity index (χ4n) is 2.91. The highest BCUT2D eigenvalue weighted by Crippen LogP contribution is 2.46. The van der Waals surface area contributed by atoms with Gasteiger partial charge in [-0.2, -0.15) is 0 Å². The number of benzene rings is 3. The molecule has 3 aromatic carbocycles. The lowest BCUT2D eigenvalue weighted by Crippen LogP contribution is -2.09. The molecular formula is C23H22O4S. The molecule has 0 aliphatic rings. The van der Waals surface area contributed by atoms with E-state index >= 15 is 0 Å². The molecule has 0 fully saturated rings. The SMILES string of the molecule is CCOC(=O)c1c(C)c(Sc2ccccc2)c(C)c(Oc2ccccc2)c1O. The van der Waals surface area contributed by atoms with Crippen molar-refractivity contribution in [1.82, 2.24) is 0 Å². The van der Waals surface area contributed by atoms with Crippen molar-refractivity contribution in [2.24, 2.45) is 0 Å². The van der Waals surface area contributed by atoms with E-state index in [9.17, 15) is 9.90 Å². The van der Waals surface area contributed by atoms with Gasteiger partial charge in [0.1, 0.15) is 11.3 Å². The minimum Gasteiger partial charge on any atom is -0.504 e. The highest BCUT2D eigenvalue weighted by atomic mass is 32.2. The first-order valence-electron chi connectivity index (χ1n) is 9.02. The predicted octanol–water partition coefficient (Wildman–Crippen LogP) is 6.13. The smallest absolute Gasteiger partial charge is 0.342 e. The summed E-state index contributed by atoms with van der Waals surface area (Å²) >= 11 is 1.53. The van der Waals surface area contributed by atoms with E-state index in [4.69, 9.17) is 9.47 Å². The average Bonchev–Trinajstić information content (AvgIpc) is 2.70. The lowest BCUT2D eigenvalue weighted by atomic mass is 10.0. The van der Waals surface area contributed by atoms with Crippen LogP contribution in [0.1, 0.15) is 28.4 Å². The summed E-state index contributed by atoms with van der Waals surface area (Å²) in [4.78, 5) is 14.4. The normalized spacial score (nSPS) is 10.5. The van der Waals surface area contributed by atoms with E-state index in [1.54, 1.807) is 19.1 Å². The Bertz CT molecular complexity index is 900. The minimum absolute atomic E-state index is 0.136. The third kappa shape index (κ3) is 4.15. The van der Waals surface area contributed by atoms with Crippen molar-refractivity contribution in [3.8, 4) is 17.2 Å². The van der Waals surface area contributed by atoms with Crippen LogP contribution in [0, 0.1) is 13.8 Å². The monoisotopic (exact) mass is 394 g/mol. The number of ether oxygens (including phenoxy) is 2. The fraction of sp³-hybridized carbons (Fsp3) is 0.174. The zero-order valence-corrected chi connectivity index (χ0v) is 16.9. The van der Waals surface area contributed by atoms with Crippen LogP contribution in [0.2, 0.25) is 0 Å². The molecule has 0 atom stereocenters. The van der Waals surface area contributed by atoms with Crippen LogP contribution < -0.4 is 4.74 Å². The van der Waals surface area contributed by atoms with Crippen molar-refractivity contribution in [2.45, 2.75) is 30.6 Å². The Morgan fingerprint density at radius 3 is 2.18 bits per heavy atom. The maximum absolute atomic E-state index is 12.6. The summed E-state index contributed by atoms with van der Waals surface area (Å²) in [5.41, 5.74) is 1.57. The molecule has 0 saturated heterocycles. The van der Waals surface area contributed by atoms with Crippen LogP contribution in [0.25, 0.3) is 0 Å². The van der Waals surface area contributed by atoms with Gasteiger partial charge < -0.3 is 14.6 Å². The number of hydrogen-bond donors (Lipinski definition) is 1. The van der Waals surface area contributed by atoms with Crippen LogP contribution in [-0.4, -0.2) is 17.7 Å². The number of carbonyl (C=O) groups is 1. The molecule has 0 bridgehead atoms. The van der Waals surface area contributed by atoms with E-state index in [0.717, 1.165) is 15.4 Å². The van der Waals surface area contributed by atoms with Gasteiger partial charge in [0.25, 0.3) is 0 Å². The second-order valence-electron chi connectivity index (χ2n) is 6.18. The van der Waals surface area contributed by atoms with Crippen LogP contribution in [0.3, 0.4) is 0 Å². The Morgan fingerprint density at radius 1 is 0.964 bits per heavy atom. The van der Waals surface area contributed by atoms with Gasteiger partial charge in [-0.05, 0) is 50.6 Å². The molecule has 0 aromatic heterocycles. The van der Waals surface area contributed by atoms with E-state index < -0.39 is 5.97 Å². The second kappa shape index (κ2) is 8.85. The number of rotatable bonds is 6. The van der Waals surface area contributed by atoms with Gasteiger partial charge >= 0.3 is 5.97 Å². The van der Waals surface area contributed by atoms with Gasteiger partial charge in [0.2, 0.25) is 0 Å². The maximum atomic E-state index is 12.6. The van der Waals surface area contributed by atoms with Gasteiger partial charge in [0.05, 0.1) is 6.61 Å². The van der Waals surface area contributed by atoms with E-state index in [1.807, 2.05) is 62.4 Å². The molecule has 0 aliphatic heterocycles. The highest BCUT2D eigenvalue weighted by molar-refractivity contribution is 7.99. The number of para-hydroxylation sites is 1. The van der Waals surface area contributed by atoms with E-state index in [0.29, 0.717) is 11.3 Å². The van der Waals surface area contributed by atoms with Crippen molar-refractivity contribution in [3.63, 3.8) is 0 Å². The fourth-order valence-corrected chi connectivity index (χ4v) is 3.94. The van der Waals surface area contributed by atoms with Crippen LogP contribution in [0.15, 0.2) is 70.5 Å². The molecule has 3 aromatic rings. The van der Waals surface area contributed by atoms with Gasteiger partial charge in [0.15, 0.2) is 11.5 Å². The Balaban J connectivity index is 2.16. The van der Waals surface area contributed by atoms with Crippen molar-refractivity contribution < 1.29 is 19.4 Å². The third-order valence-electron chi connectivity index (χ3n) is 4.25. The number of carbonyl (C=O) groups excluding carboxylic acids is 1. The molecular weight excluding hydrogens is 372 g/mol. The standard InChI is InChI=1S/C23H22O4S/c1-4-26-23(25)19-15(2)22(28-18-13-9-6-10-14-18)16(3)21(20(19)24)27-17-11-7-5-8-12-17/h5-14,24H,4H2,1-3H3. The molecule has 28 heavy (non-hydrogen) atoms. The summed E-state index contributed by atoms with van der Waals surface area (Å²) in [7, 11) is 0. The Labute approximate surface area is 169 Å². The van der Waals surface area contributed by atoms with E-state index in [1.165, 1.54) is 11.8 Å². The van der Waals surface area contributed by atoms with Crippen LogP contribution >= 0.6 is 11.8 Å². The van der Waals surface area contributed by atoms with E-state index in [2.05, 4.69) is 0 Å². The summed E-state index contributed by atoms with van der Waals surface area (Å²) in [5.74, 6) is 0.0774. The van der Waals surface area contributed by atoms with Gasteiger partial charge in [-0.25, -0.2) is 4.79 Å². The summed E-state index contributed by atoms with van der Waals surface area (Å²) in [6.45, 7) is 5.66. The van der Waals surface area contributed by atoms with Gasteiger partial charge in [0, 0.05) is 15.4 Å². The number of phenols is 1. The topological polar surface area (TPSA) is 55.8 Å². The average molecular weight is 394 g/mol.